The minimum atomic E-state index is -0.698. The summed E-state index contributed by atoms with van der Waals surface area (Å²) in [5.74, 6) is 0. The van der Waals surface area contributed by atoms with Crippen LogP contribution in [0.15, 0.2) is 121 Å². The van der Waals surface area contributed by atoms with Crippen LogP contribution >= 0.6 is 0 Å². The number of anilines is 1. The van der Waals surface area contributed by atoms with Crippen molar-refractivity contribution >= 4 is 11.8 Å². The van der Waals surface area contributed by atoms with Crippen molar-refractivity contribution in [3.63, 3.8) is 0 Å². The highest BCUT2D eigenvalue weighted by Crippen LogP contribution is 2.47. The molecule has 1 N–H and O–H groups in total. The normalized spacial score (nSPS) is 17.3. The van der Waals surface area contributed by atoms with Crippen molar-refractivity contribution in [1.82, 2.24) is 0 Å². The maximum absolute atomic E-state index is 6.90. The third kappa shape index (κ3) is 3.32. The van der Waals surface area contributed by atoms with Gasteiger partial charge in [0, 0.05) is 11.3 Å². The van der Waals surface area contributed by atoms with Crippen molar-refractivity contribution in [2.24, 2.45) is 0 Å². The monoisotopic (exact) mass is 389 g/mol. The molecule has 0 bridgehead atoms. The lowest BCUT2D eigenvalue weighted by Crippen LogP contribution is -2.43. The molecule has 1 aliphatic heterocycles. The third-order valence-corrected chi connectivity index (χ3v) is 5.53. The Morgan fingerprint density at radius 2 is 1.17 bits per heavy atom. The molecule has 0 saturated carbocycles. The predicted molar refractivity (Wildman–Crippen MR) is 123 cm³/mol. The molecule has 2 heteroatoms. The average molecular weight is 389 g/mol. The summed E-state index contributed by atoms with van der Waals surface area (Å²) in [7, 11) is 0. The molecule has 0 radical (unpaired) electrons. The molecule has 0 aliphatic carbocycles. The van der Waals surface area contributed by atoms with Crippen LogP contribution in [0.3, 0.4) is 0 Å². The van der Waals surface area contributed by atoms with E-state index in [9.17, 15) is 0 Å². The Labute approximate surface area is 177 Å². The SMILES string of the molecule is C(=C\C1Nc2ccccc2C(c2ccccc2)(c2ccccc2)O1)/c1ccccc1. The number of nitrogens with one attached hydrogen (secondary N) is 1. The second kappa shape index (κ2) is 8.02. The Hall–Kier alpha value is -3.62. The van der Waals surface area contributed by atoms with E-state index in [0.29, 0.717) is 0 Å². The van der Waals surface area contributed by atoms with Crippen LogP contribution in [0.25, 0.3) is 6.08 Å². The van der Waals surface area contributed by atoms with Gasteiger partial charge in [0.05, 0.1) is 0 Å². The molecular formula is C28H23NO. The van der Waals surface area contributed by atoms with Crippen molar-refractivity contribution in [3.05, 3.63) is 144 Å². The molecule has 1 atom stereocenters. The van der Waals surface area contributed by atoms with Gasteiger partial charge in [-0.2, -0.15) is 0 Å². The number of hydrogen-bond donors (Lipinski definition) is 1. The summed E-state index contributed by atoms with van der Waals surface area (Å²) in [6, 6.07) is 39.7. The fourth-order valence-corrected chi connectivity index (χ4v) is 4.16. The van der Waals surface area contributed by atoms with Crippen LogP contribution in [-0.2, 0) is 10.3 Å². The molecule has 4 aromatic rings. The molecule has 0 spiro atoms. The molecule has 30 heavy (non-hydrogen) atoms. The van der Waals surface area contributed by atoms with E-state index in [2.05, 4.69) is 102 Å². The van der Waals surface area contributed by atoms with Crippen LogP contribution in [0.2, 0.25) is 0 Å². The van der Waals surface area contributed by atoms with E-state index in [1.807, 2.05) is 30.3 Å². The highest BCUT2D eigenvalue weighted by atomic mass is 16.5. The zero-order valence-corrected chi connectivity index (χ0v) is 16.6. The Kier molecular flexibility index (Phi) is 4.92. The van der Waals surface area contributed by atoms with Crippen LogP contribution in [0, 0.1) is 0 Å². The van der Waals surface area contributed by atoms with Crippen LogP contribution in [0.5, 0.6) is 0 Å². The Bertz CT molecular complexity index is 1100. The van der Waals surface area contributed by atoms with Gasteiger partial charge < -0.3 is 10.1 Å². The van der Waals surface area contributed by atoms with Crippen molar-refractivity contribution < 1.29 is 4.74 Å². The molecule has 0 amide bonds. The van der Waals surface area contributed by atoms with Gasteiger partial charge in [-0.1, -0.05) is 115 Å². The van der Waals surface area contributed by atoms with Gasteiger partial charge in [-0.3, -0.25) is 0 Å². The standard InChI is InChI=1S/C28H23NO/c1-4-12-22(13-5-1)20-21-27-29-26-19-11-10-18-25(26)28(30-27,23-14-6-2-7-15-23)24-16-8-3-9-17-24/h1-21,27,29H/b21-20+. The van der Waals surface area contributed by atoms with Crippen molar-refractivity contribution in [2.75, 3.05) is 5.32 Å². The summed E-state index contributed by atoms with van der Waals surface area (Å²) >= 11 is 0. The Balaban J connectivity index is 1.67. The van der Waals surface area contributed by atoms with Gasteiger partial charge in [-0.05, 0) is 28.8 Å². The Morgan fingerprint density at radius 3 is 1.80 bits per heavy atom. The molecule has 4 aromatic carbocycles. The van der Waals surface area contributed by atoms with E-state index in [1.54, 1.807) is 0 Å². The summed E-state index contributed by atoms with van der Waals surface area (Å²) in [4.78, 5) is 0. The molecule has 146 valence electrons. The molecule has 1 aliphatic rings. The first-order valence-corrected chi connectivity index (χ1v) is 10.2. The lowest BCUT2D eigenvalue weighted by Gasteiger charge is -2.43. The topological polar surface area (TPSA) is 21.3 Å². The number of ether oxygens (including phenoxy) is 1. The second-order valence-electron chi connectivity index (χ2n) is 7.41. The van der Waals surface area contributed by atoms with Crippen LogP contribution in [0.4, 0.5) is 5.69 Å². The molecule has 2 nitrogen and oxygen atoms in total. The van der Waals surface area contributed by atoms with Gasteiger partial charge in [0.2, 0.25) is 0 Å². The number of benzene rings is 4. The minimum Gasteiger partial charge on any atom is -0.356 e. The first kappa shape index (κ1) is 18.4. The zero-order valence-electron chi connectivity index (χ0n) is 16.6. The van der Waals surface area contributed by atoms with Gasteiger partial charge in [0.1, 0.15) is 11.8 Å². The molecular weight excluding hydrogens is 366 g/mol. The lowest BCUT2D eigenvalue weighted by atomic mass is 9.78. The third-order valence-electron chi connectivity index (χ3n) is 5.53. The first-order valence-electron chi connectivity index (χ1n) is 10.2. The zero-order chi connectivity index (χ0) is 20.2. The highest BCUT2D eigenvalue weighted by Gasteiger charge is 2.43. The Morgan fingerprint density at radius 1 is 0.633 bits per heavy atom. The maximum atomic E-state index is 6.90. The largest absolute Gasteiger partial charge is 0.356 e. The summed E-state index contributed by atoms with van der Waals surface area (Å²) in [5.41, 5.74) is 4.88. The summed E-state index contributed by atoms with van der Waals surface area (Å²) in [5, 5.41) is 3.55. The maximum Gasteiger partial charge on any atom is 0.149 e. The van der Waals surface area contributed by atoms with Gasteiger partial charge in [0.15, 0.2) is 0 Å². The van der Waals surface area contributed by atoms with Crippen molar-refractivity contribution in [1.29, 1.82) is 0 Å². The van der Waals surface area contributed by atoms with Crippen molar-refractivity contribution in [2.45, 2.75) is 11.8 Å². The molecule has 1 heterocycles. The molecule has 0 fully saturated rings. The molecule has 0 saturated heterocycles. The van der Waals surface area contributed by atoms with Gasteiger partial charge in [-0.15, -0.1) is 0 Å². The number of para-hydroxylation sites is 1. The van der Waals surface area contributed by atoms with E-state index in [0.717, 1.165) is 27.9 Å². The van der Waals surface area contributed by atoms with Gasteiger partial charge >= 0.3 is 0 Å². The van der Waals surface area contributed by atoms with E-state index in [1.165, 1.54) is 0 Å². The van der Waals surface area contributed by atoms with E-state index < -0.39 is 5.60 Å². The summed E-state index contributed by atoms with van der Waals surface area (Å²) in [6.07, 6.45) is 3.92. The average Bonchev–Trinajstić information content (AvgIpc) is 2.84. The van der Waals surface area contributed by atoms with E-state index >= 15 is 0 Å². The molecule has 5 rings (SSSR count). The van der Waals surface area contributed by atoms with E-state index in [-0.39, 0.29) is 6.23 Å². The smallest absolute Gasteiger partial charge is 0.149 e. The second-order valence-corrected chi connectivity index (χ2v) is 7.41. The minimum absolute atomic E-state index is 0.277. The van der Waals surface area contributed by atoms with Crippen LogP contribution in [0.1, 0.15) is 22.3 Å². The first-order chi connectivity index (χ1) is 14.9. The molecule has 0 aromatic heterocycles. The van der Waals surface area contributed by atoms with Gasteiger partial charge in [-0.25, -0.2) is 0 Å². The van der Waals surface area contributed by atoms with Crippen LogP contribution in [-0.4, -0.2) is 6.23 Å². The van der Waals surface area contributed by atoms with Gasteiger partial charge in [0.25, 0.3) is 0 Å². The number of hydrogen-bond acceptors (Lipinski definition) is 2. The predicted octanol–water partition coefficient (Wildman–Crippen LogP) is 6.46. The fourth-order valence-electron chi connectivity index (χ4n) is 4.16. The van der Waals surface area contributed by atoms with Crippen molar-refractivity contribution in [3.8, 4) is 0 Å². The number of rotatable bonds is 4. The summed E-state index contributed by atoms with van der Waals surface area (Å²) in [6.45, 7) is 0. The van der Waals surface area contributed by atoms with Crippen LogP contribution < -0.4 is 5.32 Å². The molecule has 1 unspecified atom stereocenters. The highest BCUT2D eigenvalue weighted by molar-refractivity contribution is 5.64. The van der Waals surface area contributed by atoms with E-state index in [4.69, 9.17) is 4.74 Å². The number of fused-ring (bicyclic) bond motifs is 1. The quantitative estimate of drug-likeness (QED) is 0.432. The fraction of sp³-hybridized carbons (Fsp3) is 0.0714. The lowest BCUT2D eigenvalue weighted by molar-refractivity contribution is -0.0188. The summed E-state index contributed by atoms with van der Waals surface area (Å²) < 4.78 is 6.90.